The normalized spacial score (nSPS) is 20.7. The van der Waals surface area contributed by atoms with Crippen molar-refractivity contribution in [1.29, 1.82) is 0 Å². The molecule has 0 atom stereocenters. The Labute approximate surface area is 140 Å². The summed E-state index contributed by atoms with van der Waals surface area (Å²) in [7, 11) is -3.57. The maximum absolute atomic E-state index is 13.0. The second-order valence-electron chi connectivity index (χ2n) is 6.96. The zero-order valence-electron chi connectivity index (χ0n) is 13.3. The third-order valence-corrected chi connectivity index (χ3v) is 7.16. The largest absolute Gasteiger partial charge is 0.481 e. The van der Waals surface area contributed by atoms with E-state index in [9.17, 15) is 13.2 Å². The first-order valence-electron chi connectivity index (χ1n) is 7.90. The zero-order chi connectivity index (χ0) is 17.1. The minimum Gasteiger partial charge on any atom is -0.481 e. The first-order chi connectivity index (χ1) is 11.3. The number of pyridine rings is 1. The van der Waals surface area contributed by atoms with Crippen LogP contribution in [0.2, 0.25) is 0 Å². The predicted octanol–water partition coefficient (Wildman–Crippen LogP) is 2.03. The molecule has 1 saturated carbocycles. The van der Waals surface area contributed by atoms with Crippen LogP contribution in [0.1, 0.15) is 18.5 Å². The third-order valence-electron chi connectivity index (χ3n) is 5.31. The third kappa shape index (κ3) is 2.15. The summed E-state index contributed by atoms with van der Waals surface area (Å²) in [6.45, 7) is 2.69. The summed E-state index contributed by atoms with van der Waals surface area (Å²) < 4.78 is 27.4. The van der Waals surface area contributed by atoms with Crippen LogP contribution in [-0.2, 0) is 14.8 Å². The van der Waals surface area contributed by atoms with Gasteiger partial charge in [0.25, 0.3) is 0 Å². The van der Waals surface area contributed by atoms with Gasteiger partial charge in [-0.15, -0.1) is 0 Å². The number of aryl methyl sites for hydroxylation is 1. The van der Waals surface area contributed by atoms with Gasteiger partial charge in [-0.05, 0) is 37.3 Å². The molecule has 0 radical (unpaired) electrons. The monoisotopic (exact) mass is 346 g/mol. The van der Waals surface area contributed by atoms with Crippen molar-refractivity contribution in [2.45, 2.75) is 24.7 Å². The van der Waals surface area contributed by atoms with E-state index >= 15 is 0 Å². The lowest BCUT2D eigenvalue weighted by Crippen LogP contribution is -2.64. The van der Waals surface area contributed by atoms with Crippen LogP contribution in [0.25, 0.3) is 10.8 Å². The lowest BCUT2D eigenvalue weighted by molar-refractivity contribution is -0.155. The molecule has 0 unspecified atom stereocenters. The molecule has 7 heteroatoms. The number of aliphatic carboxylic acids is 1. The van der Waals surface area contributed by atoms with Crippen LogP contribution in [0.15, 0.2) is 35.4 Å². The molecule has 2 fully saturated rings. The first kappa shape index (κ1) is 15.5. The van der Waals surface area contributed by atoms with Gasteiger partial charge in [0.2, 0.25) is 10.0 Å². The minimum absolute atomic E-state index is 0.127. The van der Waals surface area contributed by atoms with Crippen LogP contribution in [0.4, 0.5) is 0 Å². The Morgan fingerprint density at radius 1 is 1.25 bits per heavy atom. The molecule has 0 amide bonds. The number of nitrogens with zero attached hydrogens (tertiary/aromatic N) is 2. The van der Waals surface area contributed by atoms with Crippen molar-refractivity contribution in [1.82, 2.24) is 9.29 Å². The molecule has 1 aliphatic heterocycles. The van der Waals surface area contributed by atoms with Gasteiger partial charge in [0.15, 0.2) is 0 Å². The highest BCUT2D eigenvalue weighted by Gasteiger charge is 2.57. The summed E-state index contributed by atoms with van der Waals surface area (Å²) in [5.41, 5.74) is 0.672. The summed E-state index contributed by atoms with van der Waals surface area (Å²) in [4.78, 5) is 15.5. The zero-order valence-corrected chi connectivity index (χ0v) is 14.1. The number of carboxylic acids is 1. The second kappa shape index (κ2) is 5.00. The maximum Gasteiger partial charge on any atom is 0.306 e. The molecule has 2 aliphatic rings. The molecule has 4 rings (SSSR count). The van der Waals surface area contributed by atoms with E-state index in [-0.39, 0.29) is 11.3 Å². The quantitative estimate of drug-likeness (QED) is 0.919. The Morgan fingerprint density at radius 3 is 2.62 bits per heavy atom. The fourth-order valence-corrected chi connectivity index (χ4v) is 5.85. The van der Waals surface area contributed by atoms with Crippen molar-refractivity contribution in [3.8, 4) is 0 Å². The standard InChI is InChI=1S/C17H18N2O4S/c1-11-13-3-2-4-15(14(13)5-6-18-11)24(22,23)19-9-17(10-19)7-12(8-17)16(20)21/h2-6,12H,7-10H2,1H3,(H,20,21). The van der Waals surface area contributed by atoms with E-state index in [0.717, 1.165) is 11.1 Å². The number of benzene rings is 1. The van der Waals surface area contributed by atoms with Crippen LogP contribution in [0.5, 0.6) is 0 Å². The Balaban J connectivity index is 1.62. The highest BCUT2D eigenvalue weighted by Crippen LogP contribution is 2.53. The fourth-order valence-electron chi connectivity index (χ4n) is 3.98. The lowest BCUT2D eigenvalue weighted by Gasteiger charge is -2.57. The van der Waals surface area contributed by atoms with Crippen LogP contribution in [0.3, 0.4) is 0 Å². The van der Waals surface area contributed by atoms with Gasteiger partial charge in [0, 0.05) is 35.8 Å². The Bertz CT molecular complexity index is 940. The number of carboxylic acid groups (broad SMARTS) is 1. The second-order valence-corrected chi connectivity index (χ2v) is 8.87. The van der Waals surface area contributed by atoms with E-state index in [2.05, 4.69) is 4.98 Å². The van der Waals surface area contributed by atoms with Crippen LogP contribution in [-0.4, -0.2) is 41.9 Å². The molecular weight excluding hydrogens is 328 g/mol. The van der Waals surface area contributed by atoms with Gasteiger partial charge in [-0.1, -0.05) is 12.1 Å². The van der Waals surface area contributed by atoms with Gasteiger partial charge < -0.3 is 5.11 Å². The average molecular weight is 346 g/mol. The molecule has 24 heavy (non-hydrogen) atoms. The summed E-state index contributed by atoms with van der Waals surface area (Å²) in [6.07, 6.45) is 2.78. The van der Waals surface area contributed by atoms with Crippen molar-refractivity contribution in [2.24, 2.45) is 11.3 Å². The molecule has 1 aromatic heterocycles. The smallest absolute Gasteiger partial charge is 0.306 e. The topological polar surface area (TPSA) is 87.6 Å². The van der Waals surface area contributed by atoms with Crippen molar-refractivity contribution >= 4 is 26.8 Å². The number of rotatable bonds is 3. The Kier molecular flexibility index (Phi) is 3.24. The maximum atomic E-state index is 13.0. The van der Waals surface area contributed by atoms with E-state index in [0.29, 0.717) is 36.2 Å². The lowest BCUT2D eigenvalue weighted by atomic mass is 9.58. The molecule has 6 nitrogen and oxygen atoms in total. The van der Waals surface area contributed by atoms with E-state index in [1.165, 1.54) is 4.31 Å². The highest BCUT2D eigenvalue weighted by molar-refractivity contribution is 7.89. The molecule has 1 aliphatic carbocycles. The summed E-state index contributed by atoms with van der Waals surface area (Å²) in [5, 5.41) is 10.5. The SMILES string of the molecule is Cc1nccc2c(S(=O)(=O)N3CC4(CC(C(=O)O)C4)C3)cccc12. The average Bonchev–Trinajstić information content (AvgIpc) is 2.43. The summed E-state index contributed by atoms with van der Waals surface area (Å²) in [6, 6.07) is 6.97. The van der Waals surface area contributed by atoms with E-state index < -0.39 is 16.0 Å². The first-order valence-corrected chi connectivity index (χ1v) is 9.34. The van der Waals surface area contributed by atoms with E-state index in [1.54, 1.807) is 24.4 Å². The molecule has 1 N–H and O–H groups in total. The minimum atomic E-state index is -3.57. The molecule has 1 spiro atoms. The molecule has 2 aromatic rings. The molecular formula is C17H18N2O4S. The molecule has 126 valence electrons. The molecule has 0 bridgehead atoms. The van der Waals surface area contributed by atoms with Crippen molar-refractivity contribution in [3.63, 3.8) is 0 Å². The number of sulfonamides is 1. The number of aromatic nitrogens is 1. The predicted molar refractivity (Wildman–Crippen MR) is 88.0 cm³/mol. The van der Waals surface area contributed by atoms with Gasteiger partial charge in [0.05, 0.1) is 10.8 Å². The molecule has 1 saturated heterocycles. The number of fused-ring (bicyclic) bond motifs is 1. The summed E-state index contributed by atoms with van der Waals surface area (Å²) >= 11 is 0. The van der Waals surface area contributed by atoms with Crippen molar-refractivity contribution in [3.05, 3.63) is 36.2 Å². The van der Waals surface area contributed by atoms with Gasteiger partial charge >= 0.3 is 5.97 Å². The van der Waals surface area contributed by atoms with Crippen LogP contribution >= 0.6 is 0 Å². The van der Waals surface area contributed by atoms with Gasteiger partial charge in [-0.2, -0.15) is 4.31 Å². The molecule has 2 heterocycles. The van der Waals surface area contributed by atoms with Gasteiger partial charge in [0.1, 0.15) is 0 Å². The highest BCUT2D eigenvalue weighted by atomic mass is 32.2. The Hall–Kier alpha value is -1.99. The van der Waals surface area contributed by atoms with Gasteiger partial charge in [-0.25, -0.2) is 8.42 Å². The van der Waals surface area contributed by atoms with Crippen LogP contribution < -0.4 is 0 Å². The Morgan fingerprint density at radius 2 is 1.96 bits per heavy atom. The van der Waals surface area contributed by atoms with E-state index in [4.69, 9.17) is 5.11 Å². The summed E-state index contributed by atoms with van der Waals surface area (Å²) in [5.74, 6) is -1.10. The van der Waals surface area contributed by atoms with Crippen LogP contribution in [0, 0.1) is 18.3 Å². The fraction of sp³-hybridized carbons (Fsp3) is 0.412. The number of hydrogen-bond donors (Lipinski definition) is 1. The number of carbonyl (C=O) groups is 1. The van der Waals surface area contributed by atoms with Crippen molar-refractivity contribution in [2.75, 3.05) is 13.1 Å². The van der Waals surface area contributed by atoms with Gasteiger partial charge in [-0.3, -0.25) is 9.78 Å². The molecule has 1 aromatic carbocycles. The van der Waals surface area contributed by atoms with E-state index in [1.807, 2.05) is 13.0 Å². The van der Waals surface area contributed by atoms with Crippen molar-refractivity contribution < 1.29 is 18.3 Å². The number of hydrogen-bond acceptors (Lipinski definition) is 4.